The van der Waals surface area contributed by atoms with Crippen LogP contribution in [-0.2, 0) is 0 Å². The number of pyridine rings is 1. The van der Waals surface area contributed by atoms with Crippen molar-refractivity contribution in [2.75, 3.05) is 18.1 Å². The Kier molecular flexibility index (Phi) is 1.51. The van der Waals surface area contributed by atoms with Gasteiger partial charge >= 0.3 is 0 Å². The molecule has 56 valence electrons. The number of aromatic nitrogens is 1. The molecule has 0 bridgehead atoms. The summed E-state index contributed by atoms with van der Waals surface area (Å²) in [4.78, 5) is 4.13. The summed E-state index contributed by atoms with van der Waals surface area (Å²) in [5, 5.41) is 9.55. The van der Waals surface area contributed by atoms with E-state index in [9.17, 15) is 0 Å². The molecule has 1 aromatic heterocycles. The smallest absolute Gasteiger partial charge is 0.150 e. The summed E-state index contributed by atoms with van der Waals surface area (Å²) in [6.45, 7) is 1.62. The van der Waals surface area contributed by atoms with E-state index in [1.807, 2.05) is 18.2 Å². The second kappa shape index (κ2) is 2.65. The molecule has 0 aromatic carbocycles. The lowest BCUT2D eigenvalue weighted by molar-refractivity contribution is 0.914. The van der Waals surface area contributed by atoms with E-state index in [4.69, 9.17) is 0 Å². The fourth-order valence-electron chi connectivity index (χ4n) is 0.972. The average molecular weight is 148 g/mol. The first-order valence-electron chi connectivity index (χ1n) is 3.53. The Morgan fingerprint density at radius 2 is 2.36 bits per heavy atom. The second-order valence-corrected chi connectivity index (χ2v) is 2.27. The normalized spacial score (nSPS) is 15.8. The molecule has 0 spiro atoms. The molecule has 4 heteroatoms. The van der Waals surface area contributed by atoms with Crippen molar-refractivity contribution >= 4 is 5.82 Å². The lowest BCUT2D eigenvalue weighted by Gasteiger charge is -2.08. The Morgan fingerprint density at radius 3 is 3.00 bits per heavy atom. The van der Waals surface area contributed by atoms with E-state index < -0.39 is 0 Å². The largest absolute Gasteiger partial charge is 0.237 e. The summed E-state index contributed by atoms with van der Waals surface area (Å²) in [7, 11) is 0. The molecule has 0 saturated carbocycles. The number of nitrogens with zero attached hydrogens (tertiary/aromatic N) is 4. The zero-order valence-corrected chi connectivity index (χ0v) is 6.01. The van der Waals surface area contributed by atoms with Gasteiger partial charge in [-0.25, -0.2) is 9.99 Å². The van der Waals surface area contributed by atoms with Gasteiger partial charge in [0.2, 0.25) is 0 Å². The quantitative estimate of drug-likeness (QED) is 0.601. The van der Waals surface area contributed by atoms with Gasteiger partial charge < -0.3 is 0 Å². The van der Waals surface area contributed by atoms with Gasteiger partial charge in [-0.15, -0.1) is 0 Å². The highest BCUT2D eigenvalue weighted by molar-refractivity contribution is 5.36. The molecule has 0 aliphatic carbocycles. The SMILES string of the molecule is c1ccc(N2CCN=N2)nc1. The van der Waals surface area contributed by atoms with E-state index in [-0.39, 0.29) is 0 Å². The predicted octanol–water partition coefficient (Wildman–Crippen LogP) is 1.27. The first kappa shape index (κ1) is 6.27. The number of hydrogen-bond donors (Lipinski definition) is 0. The van der Waals surface area contributed by atoms with Crippen LogP contribution < -0.4 is 5.01 Å². The highest BCUT2D eigenvalue weighted by Crippen LogP contribution is 2.12. The molecule has 0 unspecified atom stereocenters. The number of rotatable bonds is 1. The van der Waals surface area contributed by atoms with Crippen molar-refractivity contribution in [2.45, 2.75) is 0 Å². The summed E-state index contributed by atoms with van der Waals surface area (Å²) in [6, 6.07) is 5.75. The predicted molar refractivity (Wildman–Crippen MR) is 41.3 cm³/mol. The third-order valence-electron chi connectivity index (χ3n) is 1.50. The molecule has 2 rings (SSSR count). The molecule has 0 atom stereocenters. The molecule has 0 fully saturated rings. The molecule has 0 N–H and O–H groups in total. The zero-order chi connectivity index (χ0) is 7.52. The van der Waals surface area contributed by atoms with Gasteiger partial charge in [-0.1, -0.05) is 11.3 Å². The topological polar surface area (TPSA) is 40.9 Å². The van der Waals surface area contributed by atoms with Crippen LogP contribution >= 0.6 is 0 Å². The summed E-state index contributed by atoms with van der Waals surface area (Å²) < 4.78 is 0. The summed E-state index contributed by atoms with van der Waals surface area (Å²) in [6.07, 6.45) is 1.75. The Morgan fingerprint density at radius 1 is 1.36 bits per heavy atom. The Labute approximate surface area is 64.6 Å². The molecule has 0 amide bonds. The van der Waals surface area contributed by atoms with E-state index in [1.54, 1.807) is 11.2 Å². The molecule has 1 aliphatic heterocycles. The van der Waals surface area contributed by atoms with Gasteiger partial charge in [-0.05, 0) is 12.1 Å². The minimum absolute atomic E-state index is 0.774. The van der Waals surface area contributed by atoms with Crippen LogP contribution in [0, 0.1) is 0 Å². The van der Waals surface area contributed by atoms with Crippen LogP contribution in [0.15, 0.2) is 34.7 Å². The van der Waals surface area contributed by atoms with E-state index in [0.29, 0.717) is 0 Å². The van der Waals surface area contributed by atoms with Gasteiger partial charge in [-0.3, -0.25) is 0 Å². The van der Waals surface area contributed by atoms with E-state index >= 15 is 0 Å². The fraction of sp³-hybridized carbons (Fsp3) is 0.286. The van der Waals surface area contributed by atoms with Crippen molar-refractivity contribution in [3.63, 3.8) is 0 Å². The lowest BCUT2D eigenvalue weighted by atomic mass is 10.4. The van der Waals surface area contributed by atoms with Crippen molar-refractivity contribution < 1.29 is 0 Å². The van der Waals surface area contributed by atoms with Crippen LogP contribution in [-0.4, -0.2) is 18.1 Å². The molecule has 0 radical (unpaired) electrons. The van der Waals surface area contributed by atoms with E-state index in [0.717, 1.165) is 18.9 Å². The van der Waals surface area contributed by atoms with Crippen molar-refractivity contribution in [3.05, 3.63) is 24.4 Å². The standard InChI is InChI=1S/C7H8N4/c1-2-4-8-7(3-1)11-6-5-9-10-11/h1-4H,5-6H2. The first-order valence-corrected chi connectivity index (χ1v) is 3.53. The van der Waals surface area contributed by atoms with Gasteiger partial charge in [0.1, 0.15) is 5.82 Å². The second-order valence-electron chi connectivity index (χ2n) is 2.27. The maximum atomic E-state index is 4.13. The monoisotopic (exact) mass is 148 g/mol. The molecular formula is C7H8N4. The molecule has 2 heterocycles. The molecular weight excluding hydrogens is 140 g/mol. The van der Waals surface area contributed by atoms with Gasteiger partial charge in [0.25, 0.3) is 0 Å². The van der Waals surface area contributed by atoms with Gasteiger partial charge in [0.15, 0.2) is 0 Å². The van der Waals surface area contributed by atoms with Gasteiger partial charge in [-0.2, -0.15) is 5.11 Å². The Bertz CT molecular complexity index is 256. The van der Waals surface area contributed by atoms with Crippen LogP contribution in [0.25, 0.3) is 0 Å². The number of anilines is 1. The summed E-state index contributed by atoms with van der Waals surface area (Å²) in [5.74, 6) is 0.869. The summed E-state index contributed by atoms with van der Waals surface area (Å²) >= 11 is 0. The third-order valence-corrected chi connectivity index (χ3v) is 1.50. The highest BCUT2D eigenvalue weighted by Gasteiger charge is 2.08. The van der Waals surface area contributed by atoms with Crippen LogP contribution in [0.3, 0.4) is 0 Å². The fourth-order valence-corrected chi connectivity index (χ4v) is 0.972. The molecule has 0 saturated heterocycles. The zero-order valence-electron chi connectivity index (χ0n) is 6.01. The van der Waals surface area contributed by atoms with E-state index in [2.05, 4.69) is 15.3 Å². The molecule has 4 nitrogen and oxygen atoms in total. The van der Waals surface area contributed by atoms with Crippen LogP contribution in [0.4, 0.5) is 5.82 Å². The number of hydrogen-bond acceptors (Lipinski definition) is 4. The lowest BCUT2D eigenvalue weighted by Crippen LogP contribution is -2.14. The molecule has 1 aliphatic rings. The maximum absolute atomic E-state index is 4.13. The maximum Gasteiger partial charge on any atom is 0.150 e. The average Bonchev–Trinajstić information content (AvgIpc) is 2.58. The molecule has 11 heavy (non-hydrogen) atoms. The van der Waals surface area contributed by atoms with Crippen molar-refractivity contribution in [1.29, 1.82) is 0 Å². The van der Waals surface area contributed by atoms with Crippen molar-refractivity contribution in [1.82, 2.24) is 4.98 Å². The minimum atomic E-state index is 0.774. The first-order chi connectivity index (χ1) is 5.47. The van der Waals surface area contributed by atoms with Crippen LogP contribution in [0.1, 0.15) is 0 Å². The van der Waals surface area contributed by atoms with E-state index in [1.165, 1.54) is 0 Å². The van der Waals surface area contributed by atoms with Crippen LogP contribution in [0.5, 0.6) is 0 Å². The Hall–Kier alpha value is -1.45. The van der Waals surface area contributed by atoms with Crippen LogP contribution in [0.2, 0.25) is 0 Å². The van der Waals surface area contributed by atoms with Gasteiger partial charge in [0.05, 0.1) is 13.1 Å². The van der Waals surface area contributed by atoms with Gasteiger partial charge in [0, 0.05) is 6.20 Å². The van der Waals surface area contributed by atoms with Crippen molar-refractivity contribution in [2.24, 2.45) is 10.3 Å². The molecule has 1 aromatic rings. The highest BCUT2D eigenvalue weighted by atomic mass is 15.6. The third kappa shape index (κ3) is 1.19. The summed E-state index contributed by atoms with van der Waals surface area (Å²) in [5.41, 5.74) is 0. The van der Waals surface area contributed by atoms with Crippen molar-refractivity contribution in [3.8, 4) is 0 Å². The minimum Gasteiger partial charge on any atom is -0.237 e. The Balaban J connectivity index is 2.23.